The average molecular weight is 641 g/mol. The molecule has 0 aliphatic carbocycles. The first-order valence-corrected chi connectivity index (χ1v) is 12.0. The Kier molecular flexibility index (Phi) is 10.8. The van der Waals surface area contributed by atoms with Gasteiger partial charge in [0.05, 0.1) is 15.2 Å². The van der Waals surface area contributed by atoms with Crippen molar-refractivity contribution in [2.24, 2.45) is 0 Å². The van der Waals surface area contributed by atoms with Crippen LogP contribution in [0.4, 0.5) is 5.69 Å². The monoisotopic (exact) mass is 638 g/mol. The lowest BCUT2D eigenvalue weighted by molar-refractivity contribution is -0.125. The van der Waals surface area contributed by atoms with E-state index in [1.165, 1.54) is 6.07 Å². The predicted molar refractivity (Wildman–Crippen MR) is 138 cm³/mol. The standard InChI is InChI=1S/C20H18Br2Cl2N4O4S/c1-10-6-11(21)7-13(22)19(10)32-9-18(31)26-20(33)28-27-17(30)5-4-16(29)25-15-3-2-12(23)8-14(15)24/h2-3,6-8H,4-5,9H2,1H3,(H,25,29)(H,27,30)(H2,26,28,31,33). The van der Waals surface area contributed by atoms with Crippen LogP contribution in [0.2, 0.25) is 10.0 Å². The highest BCUT2D eigenvalue weighted by Crippen LogP contribution is 2.32. The Bertz CT molecular complexity index is 1070. The normalized spacial score (nSPS) is 10.2. The first-order valence-electron chi connectivity index (χ1n) is 9.27. The van der Waals surface area contributed by atoms with Gasteiger partial charge < -0.3 is 10.1 Å². The molecule has 176 valence electrons. The summed E-state index contributed by atoms with van der Waals surface area (Å²) in [5.41, 5.74) is 5.92. The molecule has 0 fully saturated rings. The smallest absolute Gasteiger partial charge is 0.264 e. The van der Waals surface area contributed by atoms with E-state index in [1.807, 2.05) is 13.0 Å². The molecular weight excluding hydrogens is 623 g/mol. The molecule has 0 saturated carbocycles. The summed E-state index contributed by atoms with van der Waals surface area (Å²) in [4.78, 5) is 35.9. The zero-order chi connectivity index (χ0) is 24.5. The van der Waals surface area contributed by atoms with Crippen molar-refractivity contribution in [1.82, 2.24) is 16.2 Å². The molecule has 33 heavy (non-hydrogen) atoms. The maximum absolute atomic E-state index is 12.0. The molecule has 0 bridgehead atoms. The summed E-state index contributed by atoms with van der Waals surface area (Å²) in [5.74, 6) is -0.903. The number of thiocarbonyl (C=S) groups is 1. The van der Waals surface area contributed by atoms with Crippen LogP contribution in [-0.2, 0) is 14.4 Å². The third-order valence-electron chi connectivity index (χ3n) is 3.89. The zero-order valence-electron chi connectivity index (χ0n) is 17.1. The lowest BCUT2D eigenvalue weighted by atomic mass is 10.2. The number of nitrogens with one attached hydrogen (secondary N) is 4. The Labute approximate surface area is 222 Å². The molecule has 0 aromatic heterocycles. The van der Waals surface area contributed by atoms with Gasteiger partial charge >= 0.3 is 0 Å². The summed E-state index contributed by atoms with van der Waals surface area (Å²) in [5, 5.41) is 5.57. The summed E-state index contributed by atoms with van der Waals surface area (Å²) >= 11 is 23.5. The van der Waals surface area contributed by atoms with E-state index < -0.39 is 17.7 Å². The summed E-state index contributed by atoms with van der Waals surface area (Å²) in [7, 11) is 0. The van der Waals surface area contributed by atoms with Crippen molar-refractivity contribution in [2.75, 3.05) is 11.9 Å². The fourth-order valence-corrected chi connectivity index (χ4v) is 4.60. The summed E-state index contributed by atoms with van der Waals surface area (Å²) < 4.78 is 7.09. The summed E-state index contributed by atoms with van der Waals surface area (Å²) in [6.07, 6.45) is -0.221. The summed E-state index contributed by atoms with van der Waals surface area (Å²) in [6, 6.07) is 8.29. The van der Waals surface area contributed by atoms with E-state index in [2.05, 4.69) is 53.3 Å². The van der Waals surface area contributed by atoms with Gasteiger partial charge in [0.2, 0.25) is 11.8 Å². The van der Waals surface area contributed by atoms with Crippen molar-refractivity contribution in [3.05, 3.63) is 54.9 Å². The highest BCUT2D eigenvalue weighted by molar-refractivity contribution is 9.11. The Morgan fingerprint density at radius 2 is 1.70 bits per heavy atom. The van der Waals surface area contributed by atoms with E-state index in [4.69, 9.17) is 40.2 Å². The van der Waals surface area contributed by atoms with E-state index in [1.54, 1.807) is 18.2 Å². The minimum absolute atomic E-state index is 0.0964. The number of hydrogen-bond acceptors (Lipinski definition) is 5. The highest BCUT2D eigenvalue weighted by atomic mass is 79.9. The second-order valence-electron chi connectivity index (χ2n) is 6.55. The van der Waals surface area contributed by atoms with Crippen LogP contribution < -0.4 is 26.2 Å². The number of amides is 3. The lowest BCUT2D eigenvalue weighted by Gasteiger charge is -2.13. The Hall–Kier alpha value is -1.92. The van der Waals surface area contributed by atoms with Crippen molar-refractivity contribution >= 4 is 95.8 Å². The third-order valence-corrected chi connectivity index (χ3v) is 5.69. The molecule has 4 N–H and O–H groups in total. The van der Waals surface area contributed by atoms with Crippen LogP contribution in [0.5, 0.6) is 5.75 Å². The van der Waals surface area contributed by atoms with Gasteiger partial charge in [0.1, 0.15) is 5.75 Å². The number of ether oxygens (including phenoxy) is 1. The molecule has 2 rings (SSSR count). The molecule has 3 amide bonds. The number of aryl methyl sites for hydroxylation is 1. The Balaban J connectivity index is 1.68. The van der Waals surface area contributed by atoms with E-state index in [0.717, 1.165) is 10.0 Å². The maximum Gasteiger partial charge on any atom is 0.264 e. The second-order valence-corrected chi connectivity index (χ2v) is 9.57. The van der Waals surface area contributed by atoms with Gasteiger partial charge in [-0.1, -0.05) is 39.1 Å². The fraction of sp³-hybridized carbons (Fsp3) is 0.200. The molecule has 0 aliphatic heterocycles. The second kappa shape index (κ2) is 13.1. The molecule has 2 aromatic carbocycles. The number of carbonyl (C=O) groups excluding carboxylic acids is 3. The number of carbonyl (C=O) groups is 3. The van der Waals surface area contributed by atoms with Gasteiger partial charge in [-0.3, -0.25) is 30.6 Å². The fourth-order valence-electron chi connectivity index (χ4n) is 2.42. The molecule has 0 aliphatic rings. The summed E-state index contributed by atoms with van der Waals surface area (Å²) in [6.45, 7) is 1.55. The van der Waals surface area contributed by atoms with Crippen molar-refractivity contribution in [1.29, 1.82) is 0 Å². The maximum atomic E-state index is 12.0. The van der Waals surface area contributed by atoms with Crippen molar-refractivity contribution in [3.63, 3.8) is 0 Å². The topological polar surface area (TPSA) is 109 Å². The molecule has 0 atom stereocenters. The van der Waals surface area contributed by atoms with Gasteiger partial charge in [0.15, 0.2) is 11.7 Å². The van der Waals surface area contributed by atoms with Gasteiger partial charge in [-0.15, -0.1) is 0 Å². The number of anilines is 1. The number of halogens is 4. The largest absolute Gasteiger partial charge is 0.482 e. The number of rotatable bonds is 7. The van der Waals surface area contributed by atoms with E-state index in [0.29, 0.717) is 20.9 Å². The minimum Gasteiger partial charge on any atom is -0.482 e. The predicted octanol–water partition coefficient (Wildman–Crippen LogP) is 4.65. The Morgan fingerprint density at radius 1 is 1.00 bits per heavy atom. The highest BCUT2D eigenvalue weighted by Gasteiger charge is 2.12. The van der Waals surface area contributed by atoms with Crippen molar-refractivity contribution < 1.29 is 19.1 Å². The molecule has 0 spiro atoms. The lowest BCUT2D eigenvalue weighted by Crippen LogP contribution is -2.49. The minimum atomic E-state index is -0.518. The molecule has 8 nitrogen and oxygen atoms in total. The van der Waals surface area contributed by atoms with Crippen LogP contribution >= 0.6 is 67.3 Å². The zero-order valence-corrected chi connectivity index (χ0v) is 22.6. The molecule has 0 radical (unpaired) electrons. The van der Waals surface area contributed by atoms with Gasteiger partial charge in [0.25, 0.3) is 5.91 Å². The van der Waals surface area contributed by atoms with Gasteiger partial charge in [-0.2, -0.15) is 0 Å². The molecular formula is C20H18Br2Cl2N4O4S. The molecule has 0 saturated heterocycles. The first-order chi connectivity index (χ1) is 15.5. The quantitative estimate of drug-likeness (QED) is 0.259. The van der Waals surface area contributed by atoms with Crippen LogP contribution in [0, 0.1) is 6.92 Å². The average Bonchev–Trinajstić information content (AvgIpc) is 2.72. The SMILES string of the molecule is Cc1cc(Br)cc(Br)c1OCC(=O)NC(=S)NNC(=O)CCC(=O)Nc1ccc(Cl)cc1Cl. The van der Waals surface area contributed by atoms with E-state index in [9.17, 15) is 14.4 Å². The molecule has 2 aromatic rings. The van der Waals surface area contributed by atoms with Crippen molar-refractivity contribution in [2.45, 2.75) is 19.8 Å². The van der Waals surface area contributed by atoms with Gasteiger partial charge in [-0.05, 0) is 71.0 Å². The van der Waals surface area contributed by atoms with E-state index in [-0.39, 0.29) is 29.6 Å². The van der Waals surface area contributed by atoms with Gasteiger partial charge in [0, 0.05) is 22.3 Å². The first kappa shape index (κ1) is 27.3. The molecule has 13 heteroatoms. The number of hydrogen-bond donors (Lipinski definition) is 4. The third kappa shape index (κ3) is 9.46. The van der Waals surface area contributed by atoms with Crippen LogP contribution in [-0.4, -0.2) is 29.4 Å². The van der Waals surface area contributed by atoms with Crippen LogP contribution in [0.25, 0.3) is 0 Å². The van der Waals surface area contributed by atoms with Crippen LogP contribution in [0.3, 0.4) is 0 Å². The van der Waals surface area contributed by atoms with Crippen LogP contribution in [0.15, 0.2) is 39.3 Å². The number of benzene rings is 2. The Morgan fingerprint density at radius 3 is 2.36 bits per heavy atom. The van der Waals surface area contributed by atoms with E-state index >= 15 is 0 Å². The van der Waals surface area contributed by atoms with Gasteiger partial charge in [-0.25, -0.2) is 0 Å². The number of hydrazine groups is 1. The molecule has 0 heterocycles. The molecule has 0 unspecified atom stereocenters. The van der Waals surface area contributed by atoms with Crippen LogP contribution in [0.1, 0.15) is 18.4 Å². The van der Waals surface area contributed by atoms with Crippen molar-refractivity contribution in [3.8, 4) is 5.75 Å².